The molecule has 5 nitrogen and oxygen atoms in total. The van der Waals surface area contributed by atoms with Crippen LogP contribution in [-0.2, 0) is 14.3 Å². The van der Waals surface area contributed by atoms with Crippen LogP contribution in [0.1, 0.15) is 24.0 Å². The second kappa shape index (κ2) is 8.28. The molecule has 0 fully saturated rings. The Hall–Kier alpha value is -3.11. The molecule has 1 aliphatic rings. The summed E-state index contributed by atoms with van der Waals surface area (Å²) in [4.78, 5) is 12.9. The molecule has 1 heterocycles. The minimum absolute atomic E-state index is 0.0567. The zero-order valence-corrected chi connectivity index (χ0v) is 16.5. The molecule has 2 N–H and O–H groups in total. The quantitative estimate of drug-likeness (QED) is 0.710. The van der Waals surface area contributed by atoms with Gasteiger partial charge in [-0.05, 0) is 40.5 Å². The van der Waals surface area contributed by atoms with Gasteiger partial charge in [0, 0.05) is 5.56 Å². The standard InChI is InChI=1S/C21H16BrFN2O3/c1-2-27-21(26)18-17(13-8-9-16(23)15(22)10-13)14(11-24)20(25)28-19(18)12-6-4-3-5-7-12/h3-10,17H,2,25H2,1H3/t17-/m1/s1. The number of benzene rings is 2. The number of halogens is 2. The summed E-state index contributed by atoms with van der Waals surface area (Å²) in [5, 5.41) is 9.67. The molecule has 0 aromatic heterocycles. The van der Waals surface area contributed by atoms with E-state index >= 15 is 0 Å². The van der Waals surface area contributed by atoms with Crippen LogP contribution in [0, 0.1) is 17.1 Å². The van der Waals surface area contributed by atoms with E-state index < -0.39 is 17.7 Å². The average Bonchev–Trinajstić information content (AvgIpc) is 2.70. The Kier molecular flexibility index (Phi) is 5.81. The Bertz CT molecular complexity index is 1030. The summed E-state index contributed by atoms with van der Waals surface area (Å²) in [5.41, 5.74) is 7.32. The number of hydrogen-bond donors (Lipinski definition) is 1. The summed E-state index contributed by atoms with van der Waals surface area (Å²) in [6, 6.07) is 15.2. The fourth-order valence-electron chi connectivity index (χ4n) is 3.01. The molecule has 0 unspecified atom stereocenters. The van der Waals surface area contributed by atoms with E-state index in [0.717, 1.165) is 0 Å². The Morgan fingerprint density at radius 3 is 2.64 bits per heavy atom. The normalized spacial score (nSPS) is 16.4. The van der Waals surface area contributed by atoms with Gasteiger partial charge in [0.1, 0.15) is 23.2 Å². The second-order valence-corrected chi connectivity index (χ2v) is 6.78. The number of hydrogen-bond acceptors (Lipinski definition) is 5. The lowest BCUT2D eigenvalue weighted by molar-refractivity contribution is -0.138. The summed E-state index contributed by atoms with van der Waals surface area (Å²) in [7, 11) is 0. The molecule has 0 saturated heterocycles. The lowest BCUT2D eigenvalue weighted by atomic mass is 9.82. The summed E-state index contributed by atoms with van der Waals surface area (Å²) < 4.78 is 24.9. The molecule has 2 aromatic carbocycles. The average molecular weight is 443 g/mol. The van der Waals surface area contributed by atoms with Gasteiger partial charge in [-0.25, -0.2) is 9.18 Å². The van der Waals surface area contributed by atoms with Gasteiger partial charge in [-0.1, -0.05) is 36.4 Å². The van der Waals surface area contributed by atoms with Gasteiger partial charge in [0.25, 0.3) is 0 Å². The molecule has 0 amide bonds. The maximum absolute atomic E-state index is 13.8. The van der Waals surface area contributed by atoms with E-state index in [2.05, 4.69) is 15.9 Å². The summed E-state index contributed by atoms with van der Waals surface area (Å²) in [6.45, 7) is 1.83. The molecular weight excluding hydrogens is 427 g/mol. The number of carbonyl (C=O) groups excluding carboxylic acids is 1. The van der Waals surface area contributed by atoms with Crippen LogP contribution in [0.25, 0.3) is 5.76 Å². The predicted octanol–water partition coefficient (Wildman–Crippen LogP) is 4.37. The third-order valence-electron chi connectivity index (χ3n) is 4.23. The van der Waals surface area contributed by atoms with Gasteiger partial charge in [-0.2, -0.15) is 5.26 Å². The topological polar surface area (TPSA) is 85.3 Å². The number of ether oxygens (including phenoxy) is 2. The van der Waals surface area contributed by atoms with Crippen molar-refractivity contribution in [3.05, 3.63) is 87.0 Å². The monoisotopic (exact) mass is 442 g/mol. The van der Waals surface area contributed by atoms with Crippen LogP contribution in [0.3, 0.4) is 0 Å². The minimum Gasteiger partial charge on any atom is -0.463 e. The Labute approximate surface area is 170 Å². The smallest absolute Gasteiger partial charge is 0.338 e. The predicted molar refractivity (Wildman–Crippen MR) is 105 cm³/mol. The highest BCUT2D eigenvalue weighted by molar-refractivity contribution is 9.10. The second-order valence-electron chi connectivity index (χ2n) is 5.93. The zero-order valence-electron chi connectivity index (χ0n) is 14.9. The maximum atomic E-state index is 13.8. The molecule has 142 valence electrons. The molecule has 0 bridgehead atoms. The van der Waals surface area contributed by atoms with Crippen molar-refractivity contribution in [2.24, 2.45) is 5.73 Å². The fraction of sp³-hybridized carbons (Fsp3) is 0.143. The summed E-state index contributed by atoms with van der Waals surface area (Å²) in [6.07, 6.45) is 0. The van der Waals surface area contributed by atoms with Gasteiger partial charge in [0.15, 0.2) is 0 Å². The molecule has 1 aliphatic heterocycles. The number of carbonyl (C=O) groups is 1. The van der Waals surface area contributed by atoms with Gasteiger partial charge in [0.05, 0.1) is 22.6 Å². The van der Waals surface area contributed by atoms with Crippen LogP contribution in [0.2, 0.25) is 0 Å². The number of nitrogens with two attached hydrogens (primary N) is 1. The summed E-state index contributed by atoms with van der Waals surface area (Å²) >= 11 is 3.15. The fourth-order valence-corrected chi connectivity index (χ4v) is 3.40. The van der Waals surface area contributed by atoms with Crippen LogP contribution in [0.5, 0.6) is 0 Å². The third kappa shape index (κ3) is 3.64. The highest BCUT2D eigenvalue weighted by Crippen LogP contribution is 2.43. The van der Waals surface area contributed by atoms with Crippen LogP contribution >= 0.6 is 15.9 Å². The van der Waals surface area contributed by atoms with Gasteiger partial charge in [0.2, 0.25) is 5.88 Å². The molecule has 3 rings (SSSR count). The van der Waals surface area contributed by atoms with Crippen molar-refractivity contribution >= 4 is 27.7 Å². The number of nitriles is 1. The molecular formula is C21H16BrFN2O3. The molecule has 0 saturated carbocycles. The van der Waals surface area contributed by atoms with E-state index in [9.17, 15) is 14.4 Å². The van der Waals surface area contributed by atoms with Crippen molar-refractivity contribution in [1.29, 1.82) is 5.26 Å². The molecule has 0 radical (unpaired) electrons. The van der Waals surface area contributed by atoms with Crippen molar-refractivity contribution in [3.63, 3.8) is 0 Å². The first-order valence-electron chi connectivity index (χ1n) is 8.47. The Morgan fingerprint density at radius 2 is 2.04 bits per heavy atom. The van der Waals surface area contributed by atoms with E-state index in [1.54, 1.807) is 31.2 Å². The molecule has 7 heteroatoms. The van der Waals surface area contributed by atoms with Gasteiger partial charge < -0.3 is 15.2 Å². The lowest BCUT2D eigenvalue weighted by Gasteiger charge is -2.28. The van der Waals surface area contributed by atoms with E-state index in [1.807, 2.05) is 12.1 Å². The van der Waals surface area contributed by atoms with Crippen molar-refractivity contribution in [2.75, 3.05) is 6.61 Å². The van der Waals surface area contributed by atoms with Crippen molar-refractivity contribution < 1.29 is 18.7 Å². The van der Waals surface area contributed by atoms with Crippen molar-refractivity contribution in [1.82, 2.24) is 0 Å². The molecule has 2 aromatic rings. The SMILES string of the molecule is CCOC(=O)C1=C(c2ccccc2)OC(N)=C(C#N)[C@H]1c1ccc(F)c(Br)c1. The Morgan fingerprint density at radius 1 is 1.32 bits per heavy atom. The largest absolute Gasteiger partial charge is 0.463 e. The van der Waals surface area contributed by atoms with Crippen molar-refractivity contribution in [3.8, 4) is 6.07 Å². The number of rotatable bonds is 4. The highest BCUT2D eigenvalue weighted by atomic mass is 79.9. The number of esters is 1. The van der Waals surface area contributed by atoms with Gasteiger partial charge in [-0.3, -0.25) is 0 Å². The third-order valence-corrected chi connectivity index (χ3v) is 4.84. The summed E-state index contributed by atoms with van der Waals surface area (Å²) in [5.74, 6) is -1.85. The first kappa shape index (κ1) is 19.6. The lowest BCUT2D eigenvalue weighted by Crippen LogP contribution is -2.26. The van der Waals surface area contributed by atoms with Gasteiger partial charge >= 0.3 is 5.97 Å². The van der Waals surface area contributed by atoms with Crippen LogP contribution in [0.4, 0.5) is 4.39 Å². The zero-order chi connectivity index (χ0) is 20.3. The van der Waals surface area contributed by atoms with Crippen LogP contribution in [0.15, 0.2) is 70.0 Å². The minimum atomic E-state index is -0.857. The Balaban J connectivity index is 2.29. The van der Waals surface area contributed by atoms with Crippen molar-refractivity contribution in [2.45, 2.75) is 12.8 Å². The van der Waals surface area contributed by atoms with Crippen LogP contribution in [-0.4, -0.2) is 12.6 Å². The first-order valence-corrected chi connectivity index (χ1v) is 9.26. The molecule has 28 heavy (non-hydrogen) atoms. The van der Waals surface area contributed by atoms with Crippen LogP contribution < -0.4 is 5.73 Å². The van der Waals surface area contributed by atoms with E-state index in [4.69, 9.17) is 15.2 Å². The molecule has 0 spiro atoms. The molecule has 0 aliphatic carbocycles. The van der Waals surface area contributed by atoms with E-state index in [-0.39, 0.29) is 33.9 Å². The van der Waals surface area contributed by atoms with Gasteiger partial charge in [-0.15, -0.1) is 0 Å². The number of allylic oxidation sites excluding steroid dienone is 1. The van der Waals surface area contributed by atoms with E-state index in [1.165, 1.54) is 18.2 Å². The molecule has 1 atom stereocenters. The maximum Gasteiger partial charge on any atom is 0.338 e. The first-order chi connectivity index (χ1) is 13.5. The highest BCUT2D eigenvalue weighted by Gasteiger charge is 2.38. The van der Waals surface area contributed by atoms with E-state index in [0.29, 0.717) is 11.1 Å². The number of nitrogens with zero attached hydrogens (tertiary/aromatic N) is 1.